The molecule has 0 aromatic heterocycles. The van der Waals surface area contributed by atoms with Crippen molar-refractivity contribution in [1.29, 1.82) is 0 Å². The van der Waals surface area contributed by atoms with Crippen molar-refractivity contribution in [2.24, 2.45) is 0 Å². The van der Waals surface area contributed by atoms with E-state index < -0.39 is 97.9 Å². The maximum absolute atomic E-state index is 13.8. The van der Waals surface area contributed by atoms with E-state index in [1.807, 2.05) is 0 Å². The zero-order chi connectivity index (χ0) is 29.8. The van der Waals surface area contributed by atoms with Gasteiger partial charge in [-0.2, -0.15) is 74.6 Å². The smallest absolute Gasteiger partial charge is 0.388 e. The first-order valence-corrected chi connectivity index (χ1v) is 9.43. The van der Waals surface area contributed by atoms with Gasteiger partial charge in [-0.15, -0.1) is 0 Å². The molecule has 222 valence electrons. The first-order valence-electron chi connectivity index (χ1n) is 9.43. The van der Waals surface area contributed by atoms with Gasteiger partial charge in [0.25, 0.3) is 0 Å². The van der Waals surface area contributed by atoms with Crippen LogP contribution in [0.25, 0.3) is 0 Å². The van der Waals surface area contributed by atoms with Crippen LogP contribution in [0.3, 0.4) is 0 Å². The Balaban J connectivity index is 3.26. The molecule has 0 unspecified atom stereocenters. The summed E-state index contributed by atoms with van der Waals surface area (Å²) in [7, 11) is 0. The second kappa shape index (κ2) is 9.68. The zero-order valence-electron chi connectivity index (χ0n) is 17.3. The van der Waals surface area contributed by atoms with E-state index in [0.29, 0.717) is 0 Å². The molecule has 37 heavy (non-hydrogen) atoms. The van der Waals surface area contributed by atoms with Gasteiger partial charge >= 0.3 is 47.6 Å². The molecular weight excluding hydrogens is 579 g/mol. The summed E-state index contributed by atoms with van der Waals surface area (Å²) in [6.07, 6.45) is -20.6. The molecule has 1 aliphatic heterocycles. The number of aliphatic hydroxyl groups is 3. The monoisotopic (exact) mass is 594 g/mol. The van der Waals surface area contributed by atoms with Crippen molar-refractivity contribution in [1.82, 2.24) is 0 Å². The van der Waals surface area contributed by atoms with Gasteiger partial charge in [0.05, 0.1) is 12.7 Å². The Kier molecular flexibility index (Phi) is 8.81. The summed E-state index contributed by atoms with van der Waals surface area (Å²) in [5.74, 6) is -56.7. The lowest BCUT2D eigenvalue weighted by atomic mass is 9.87. The molecule has 1 saturated heterocycles. The fraction of sp³-hybridized carbons (Fsp3) is 1.00. The molecule has 0 spiro atoms. The number of hydrogen-bond donors (Lipinski definition) is 3. The quantitative estimate of drug-likeness (QED) is 0.323. The lowest BCUT2D eigenvalue weighted by Crippen LogP contribution is -2.74. The molecule has 0 radical (unpaired) electrons. The summed E-state index contributed by atoms with van der Waals surface area (Å²) < 4.78 is 229. The van der Waals surface area contributed by atoms with Crippen molar-refractivity contribution in [3.63, 3.8) is 0 Å². The van der Waals surface area contributed by atoms with E-state index >= 15 is 0 Å². The first-order chi connectivity index (χ1) is 16.1. The van der Waals surface area contributed by atoms with Crippen LogP contribution in [0.1, 0.15) is 19.3 Å². The van der Waals surface area contributed by atoms with E-state index in [0.717, 1.165) is 0 Å². The molecule has 4 nitrogen and oxygen atoms in total. The van der Waals surface area contributed by atoms with Gasteiger partial charge in [-0.1, -0.05) is 0 Å². The van der Waals surface area contributed by atoms with Crippen molar-refractivity contribution >= 4 is 0 Å². The van der Waals surface area contributed by atoms with Gasteiger partial charge in [0.2, 0.25) is 0 Å². The summed E-state index contributed by atoms with van der Waals surface area (Å²) >= 11 is 0. The van der Waals surface area contributed by atoms with Crippen LogP contribution in [0.2, 0.25) is 0 Å². The standard InChI is InChI=1S/C16H15F17O4/c17-9(18,3-1-2-6-8(36)7(35)5(34)4-37-6)10(19,20)11(21,22)12(23,24)13(25,26)14(27,28)15(29,30)16(31,32)33/h5-8,34-36H,1-4H2/t5-,6+,7+,8+/m1/s1. The Hall–Kier alpha value is -1.35. The van der Waals surface area contributed by atoms with Crippen molar-refractivity contribution in [2.45, 2.75) is 91.3 Å². The second-order valence-corrected chi connectivity index (χ2v) is 7.96. The molecular formula is C16H15F17O4. The fourth-order valence-corrected chi connectivity index (χ4v) is 3.00. The van der Waals surface area contributed by atoms with Gasteiger partial charge in [-0.05, 0) is 12.8 Å². The minimum atomic E-state index is -8.68. The van der Waals surface area contributed by atoms with E-state index in [1.165, 1.54) is 0 Å². The molecule has 3 N–H and O–H groups in total. The van der Waals surface area contributed by atoms with E-state index in [2.05, 4.69) is 4.74 Å². The molecule has 0 amide bonds. The van der Waals surface area contributed by atoms with Gasteiger partial charge in [-0.3, -0.25) is 0 Å². The van der Waals surface area contributed by atoms with E-state index in [4.69, 9.17) is 0 Å². The Labute approximate surface area is 194 Å². The zero-order valence-corrected chi connectivity index (χ0v) is 17.3. The maximum Gasteiger partial charge on any atom is 0.460 e. The molecule has 1 rings (SSSR count). The summed E-state index contributed by atoms with van der Waals surface area (Å²) in [4.78, 5) is 0. The highest BCUT2D eigenvalue weighted by molar-refractivity contribution is 5.15. The Morgan fingerprint density at radius 3 is 1.32 bits per heavy atom. The highest BCUT2D eigenvalue weighted by Gasteiger charge is 2.95. The molecule has 0 aliphatic carbocycles. The van der Waals surface area contributed by atoms with Crippen molar-refractivity contribution in [3.05, 3.63) is 0 Å². The van der Waals surface area contributed by atoms with Gasteiger partial charge in [0, 0.05) is 6.42 Å². The summed E-state index contributed by atoms with van der Waals surface area (Å²) in [5, 5.41) is 28.1. The number of ether oxygens (including phenoxy) is 1. The Morgan fingerprint density at radius 2 is 0.919 bits per heavy atom. The SMILES string of the molecule is O[C@@H]1[C@@H](O)[C@H](CCCC(F)(F)C(F)(F)C(F)(F)C(F)(F)C(F)(F)C(F)(F)C(F)(F)C(F)(F)F)OC[C@H]1O. The van der Waals surface area contributed by atoms with Crippen LogP contribution in [0.5, 0.6) is 0 Å². The number of alkyl halides is 17. The summed E-state index contributed by atoms with van der Waals surface area (Å²) in [6, 6.07) is 0. The number of aliphatic hydroxyl groups excluding tert-OH is 3. The first kappa shape index (κ1) is 33.7. The van der Waals surface area contributed by atoms with Gasteiger partial charge in [0.1, 0.15) is 18.3 Å². The second-order valence-electron chi connectivity index (χ2n) is 7.96. The van der Waals surface area contributed by atoms with Crippen molar-refractivity contribution < 1.29 is 94.7 Å². The largest absolute Gasteiger partial charge is 0.460 e. The van der Waals surface area contributed by atoms with Crippen LogP contribution in [0.15, 0.2) is 0 Å². The maximum atomic E-state index is 13.8. The van der Waals surface area contributed by atoms with Gasteiger partial charge < -0.3 is 20.1 Å². The van der Waals surface area contributed by atoms with E-state index in [9.17, 15) is 90.0 Å². The van der Waals surface area contributed by atoms with E-state index in [1.54, 1.807) is 0 Å². The molecule has 0 saturated carbocycles. The molecule has 21 heteroatoms. The molecule has 0 aromatic carbocycles. The van der Waals surface area contributed by atoms with Crippen molar-refractivity contribution in [2.75, 3.05) is 6.61 Å². The molecule has 1 heterocycles. The topological polar surface area (TPSA) is 69.9 Å². The third kappa shape index (κ3) is 5.04. The van der Waals surface area contributed by atoms with Crippen LogP contribution in [0, 0.1) is 0 Å². The van der Waals surface area contributed by atoms with Gasteiger partial charge in [-0.25, -0.2) is 0 Å². The number of rotatable bonds is 10. The average Bonchev–Trinajstić information content (AvgIpc) is 2.71. The molecule has 0 aromatic rings. The predicted molar refractivity (Wildman–Crippen MR) is 82.3 cm³/mol. The third-order valence-electron chi connectivity index (χ3n) is 5.37. The van der Waals surface area contributed by atoms with Crippen LogP contribution >= 0.6 is 0 Å². The molecule has 4 atom stereocenters. The van der Waals surface area contributed by atoms with E-state index in [-0.39, 0.29) is 0 Å². The highest BCUT2D eigenvalue weighted by Crippen LogP contribution is 2.64. The Morgan fingerprint density at radius 1 is 0.541 bits per heavy atom. The van der Waals surface area contributed by atoms with Crippen LogP contribution in [-0.2, 0) is 4.74 Å². The summed E-state index contributed by atoms with van der Waals surface area (Å²) in [6.45, 7) is -0.772. The molecule has 1 aliphatic rings. The van der Waals surface area contributed by atoms with Crippen LogP contribution in [-0.4, -0.2) is 94.0 Å². The number of hydrogen-bond acceptors (Lipinski definition) is 4. The minimum absolute atomic E-state index is 0.772. The third-order valence-corrected chi connectivity index (χ3v) is 5.37. The molecule has 1 fully saturated rings. The molecule has 0 bridgehead atoms. The fourth-order valence-electron chi connectivity index (χ4n) is 3.00. The number of halogens is 17. The van der Waals surface area contributed by atoms with Crippen molar-refractivity contribution in [3.8, 4) is 0 Å². The lowest BCUT2D eigenvalue weighted by Gasteiger charge is -2.43. The minimum Gasteiger partial charge on any atom is -0.388 e. The summed E-state index contributed by atoms with van der Waals surface area (Å²) in [5.41, 5.74) is 0. The van der Waals surface area contributed by atoms with Gasteiger partial charge in [0.15, 0.2) is 0 Å². The van der Waals surface area contributed by atoms with Crippen LogP contribution < -0.4 is 0 Å². The normalized spacial score (nSPS) is 25.9. The predicted octanol–water partition coefficient (Wildman–Crippen LogP) is 4.65. The highest BCUT2D eigenvalue weighted by atomic mass is 19.4. The van der Waals surface area contributed by atoms with Crippen LogP contribution in [0.4, 0.5) is 74.6 Å². The Bertz CT molecular complexity index is 797. The average molecular weight is 594 g/mol. The lowest BCUT2D eigenvalue weighted by molar-refractivity contribution is -0.461.